The molecule has 8 heteroatoms. The third kappa shape index (κ3) is 4.17. The number of carbonyl (C=O) groups is 2. The number of benzene rings is 1. The van der Waals surface area contributed by atoms with E-state index in [1.807, 2.05) is 30.3 Å². The number of amides is 2. The molecule has 0 spiro atoms. The minimum absolute atomic E-state index is 0.115. The predicted molar refractivity (Wildman–Crippen MR) is 112 cm³/mol. The van der Waals surface area contributed by atoms with E-state index in [0.29, 0.717) is 41.6 Å². The lowest BCUT2D eigenvalue weighted by molar-refractivity contribution is -0.121. The van der Waals surface area contributed by atoms with Crippen molar-refractivity contribution in [3.8, 4) is 17.1 Å². The Labute approximate surface area is 174 Å². The molecule has 1 fully saturated rings. The van der Waals surface area contributed by atoms with Crippen molar-refractivity contribution < 1.29 is 14.3 Å². The molecule has 8 nitrogen and oxygen atoms in total. The van der Waals surface area contributed by atoms with Gasteiger partial charge in [-0.1, -0.05) is 18.2 Å². The summed E-state index contributed by atoms with van der Waals surface area (Å²) in [4.78, 5) is 31.7. The molecule has 1 atom stereocenters. The standard InChI is InChI=1S/C22H23N5O3/c1-30-20-10-3-2-9-17(20)24-21(28)15-7-6-12-27(14-15)22(29)19-13-18(25-26-19)16-8-4-5-11-23-16/h2-5,8-11,13,15H,6-7,12,14H2,1H3,(H,24,28)(H,25,26). The number of nitrogens with one attached hydrogen (secondary N) is 2. The Morgan fingerprint density at radius 1 is 1.17 bits per heavy atom. The number of piperidine rings is 1. The molecule has 0 radical (unpaired) electrons. The summed E-state index contributed by atoms with van der Waals surface area (Å²) in [6.07, 6.45) is 3.17. The van der Waals surface area contributed by atoms with E-state index in [9.17, 15) is 9.59 Å². The highest BCUT2D eigenvalue weighted by molar-refractivity contribution is 5.96. The fraction of sp³-hybridized carbons (Fsp3) is 0.273. The van der Waals surface area contributed by atoms with Crippen molar-refractivity contribution in [2.45, 2.75) is 12.8 Å². The second kappa shape index (κ2) is 8.77. The van der Waals surface area contributed by atoms with Crippen LogP contribution in [0.1, 0.15) is 23.3 Å². The number of methoxy groups -OCH3 is 1. The third-order valence-electron chi connectivity index (χ3n) is 5.18. The van der Waals surface area contributed by atoms with Gasteiger partial charge in [-0.3, -0.25) is 19.7 Å². The van der Waals surface area contributed by atoms with Gasteiger partial charge in [0.05, 0.1) is 24.4 Å². The molecule has 2 aromatic heterocycles. The van der Waals surface area contributed by atoms with E-state index in [1.54, 1.807) is 36.4 Å². The van der Waals surface area contributed by atoms with Crippen molar-refractivity contribution >= 4 is 17.5 Å². The Morgan fingerprint density at radius 2 is 2.00 bits per heavy atom. The highest BCUT2D eigenvalue weighted by atomic mass is 16.5. The molecule has 154 valence electrons. The van der Waals surface area contributed by atoms with Crippen LogP contribution < -0.4 is 10.1 Å². The largest absolute Gasteiger partial charge is 0.495 e. The predicted octanol–water partition coefficient (Wildman–Crippen LogP) is 2.97. The molecule has 1 saturated heterocycles. The van der Waals surface area contributed by atoms with Crippen LogP contribution in [-0.4, -0.2) is 52.1 Å². The van der Waals surface area contributed by atoms with Gasteiger partial charge in [0.15, 0.2) is 0 Å². The first-order chi connectivity index (χ1) is 14.7. The molecule has 0 saturated carbocycles. The molecule has 1 aliphatic heterocycles. The van der Waals surface area contributed by atoms with Gasteiger partial charge in [-0.05, 0) is 43.2 Å². The van der Waals surface area contributed by atoms with Crippen molar-refractivity contribution in [2.75, 3.05) is 25.5 Å². The zero-order chi connectivity index (χ0) is 20.9. The number of likely N-dealkylation sites (tertiary alicyclic amines) is 1. The highest BCUT2D eigenvalue weighted by Gasteiger charge is 2.30. The molecule has 2 amide bonds. The number of rotatable bonds is 5. The van der Waals surface area contributed by atoms with Gasteiger partial charge < -0.3 is 15.0 Å². The van der Waals surface area contributed by atoms with E-state index < -0.39 is 0 Å². The van der Waals surface area contributed by atoms with Crippen LogP contribution in [0.4, 0.5) is 5.69 Å². The van der Waals surface area contributed by atoms with Crippen LogP contribution in [-0.2, 0) is 4.79 Å². The summed E-state index contributed by atoms with van der Waals surface area (Å²) in [6.45, 7) is 0.965. The summed E-state index contributed by atoms with van der Waals surface area (Å²) < 4.78 is 5.29. The topological polar surface area (TPSA) is 100 Å². The molecule has 30 heavy (non-hydrogen) atoms. The lowest BCUT2D eigenvalue weighted by atomic mass is 9.96. The first kappa shape index (κ1) is 19.6. The third-order valence-corrected chi connectivity index (χ3v) is 5.18. The molecule has 3 aromatic rings. The molecule has 1 aromatic carbocycles. The first-order valence-corrected chi connectivity index (χ1v) is 9.85. The second-order valence-corrected chi connectivity index (χ2v) is 7.16. The summed E-state index contributed by atoms with van der Waals surface area (Å²) in [7, 11) is 1.57. The van der Waals surface area contributed by atoms with E-state index in [0.717, 1.165) is 12.8 Å². The van der Waals surface area contributed by atoms with Crippen LogP contribution in [0.2, 0.25) is 0 Å². The summed E-state index contributed by atoms with van der Waals surface area (Å²) in [5.41, 5.74) is 2.32. The minimum atomic E-state index is -0.286. The van der Waals surface area contributed by atoms with Gasteiger partial charge in [0.25, 0.3) is 5.91 Å². The van der Waals surface area contributed by atoms with Gasteiger partial charge in [0.2, 0.25) is 5.91 Å². The van der Waals surface area contributed by atoms with Crippen LogP contribution >= 0.6 is 0 Å². The maximum atomic E-state index is 13.0. The molecule has 4 rings (SSSR count). The van der Waals surface area contributed by atoms with E-state index in [-0.39, 0.29) is 17.7 Å². The molecular weight excluding hydrogens is 382 g/mol. The SMILES string of the molecule is COc1ccccc1NC(=O)C1CCCN(C(=O)c2cc(-c3ccccn3)n[nH]2)C1. The van der Waals surface area contributed by atoms with Gasteiger partial charge in [-0.15, -0.1) is 0 Å². The number of H-pyrrole nitrogens is 1. The summed E-state index contributed by atoms with van der Waals surface area (Å²) in [5, 5.41) is 9.93. The highest BCUT2D eigenvalue weighted by Crippen LogP contribution is 2.26. The number of para-hydroxylation sites is 2. The molecular formula is C22H23N5O3. The number of ether oxygens (including phenoxy) is 1. The number of anilines is 1. The van der Waals surface area contributed by atoms with Crippen LogP contribution in [0, 0.1) is 5.92 Å². The number of nitrogens with zero attached hydrogens (tertiary/aromatic N) is 3. The smallest absolute Gasteiger partial charge is 0.271 e. The Hall–Kier alpha value is -3.68. The quantitative estimate of drug-likeness (QED) is 0.680. The van der Waals surface area contributed by atoms with Crippen LogP contribution in [0.15, 0.2) is 54.7 Å². The Morgan fingerprint density at radius 3 is 2.80 bits per heavy atom. The van der Waals surface area contributed by atoms with Gasteiger partial charge in [-0.2, -0.15) is 5.10 Å². The minimum Gasteiger partial charge on any atom is -0.495 e. The number of aromatic nitrogens is 3. The van der Waals surface area contributed by atoms with Crippen LogP contribution in [0.5, 0.6) is 5.75 Å². The fourth-order valence-electron chi connectivity index (χ4n) is 3.61. The Kier molecular flexibility index (Phi) is 5.74. The second-order valence-electron chi connectivity index (χ2n) is 7.16. The maximum Gasteiger partial charge on any atom is 0.271 e. The number of hydrogen-bond acceptors (Lipinski definition) is 5. The monoisotopic (exact) mass is 405 g/mol. The van der Waals surface area contributed by atoms with Crippen molar-refractivity contribution in [2.24, 2.45) is 5.92 Å². The van der Waals surface area contributed by atoms with Crippen molar-refractivity contribution in [3.05, 3.63) is 60.4 Å². The molecule has 1 unspecified atom stereocenters. The van der Waals surface area contributed by atoms with E-state index in [1.165, 1.54) is 0 Å². The number of aromatic amines is 1. The lowest BCUT2D eigenvalue weighted by Crippen LogP contribution is -2.43. The average molecular weight is 405 g/mol. The first-order valence-electron chi connectivity index (χ1n) is 9.85. The summed E-state index contributed by atoms with van der Waals surface area (Å²) >= 11 is 0. The van der Waals surface area contributed by atoms with Crippen molar-refractivity contribution in [1.82, 2.24) is 20.1 Å². The fourth-order valence-corrected chi connectivity index (χ4v) is 3.61. The van der Waals surface area contributed by atoms with Crippen molar-refractivity contribution in [3.63, 3.8) is 0 Å². The van der Waals surface area contributed by atoms with Gasteiger partial charge in [0.1, 0.15) is 17.1 Å². The van der Waals surface area contributed by atoms with Crippen LogP contribution in [0.25, 0.3) is 11.4 Å². The maximum absolute atomic E-state index is 13.0. The van der Waals surface area contributed by atoms with E-state index in [4.69, 9.17) is 4.74 Å². The Bertz CT molecular complexity index is 1030. The van der Waals surface area contributed by atoms with E-state index in [2.05, 4.69) is 20.5 Å². The Balaban J connectivity index is 1.43. The number of carbonyl (C=O) groups excluding carboxylic acids is 2. The zero-order valence-corrected chi connectivity index (χ0v) is 16.7. The molecule has 3 heterocycles. The van der Waals surface area contributed by atoms with E-state index >= 15 is 0 Å². The molecule has 0 aliphatic carbocycles. The van der Waals surface area contributed by atoms with Crippen molar-refractivity contribution in [1.29, 1.82) is 0 Å². The summed E-state index contributed by atoms with van der Waals surface area (Å²) in [5.74, 6) is 0.0372. The summed E-state index contributed by atoms with van der Waals surface area (Å²) in [6, 6.07) is 14.5. The van der Waals surface area contributed by atoms with Crippen LogP contribution in [0.3, 0.4) is 0 Å². The molecule has 2 N–H and O–H groups in total. The number of pyridine rings is 1. The average Bonchev–Trinajstić information content (AvgIpc) is 3.30. The molecule has 0 bridgehead atoms. The number of hydrogen-bond donors (Lipinski definition) is 2. The van der Waals surface area contributed by atoms with Gasteiger partial charge >= 0.3 is 0 Å². The van der Waals surface area contributed by atoms with Gasteiger partial charge in [-0.25, -0.2) is 0 Å². The van der Waals surface area contributed by atoms with Gasteiger partial charge in [0, 0.05) is 19.3 Å². The normalized spacial score (nSPS) is 16.2. The molecule has 1 aliphatic rings. The lowest BCUT2D eigenvalue weighted by Gasteiger charge is -2.31. The zero-order valence-electron chi connectivity index (χ0n) is 16.7.